The molecule has 114 valence electrons. The number of rotatable bonds is 5. The van der Waals surface area contributed by atoms with Crippen LogP contribution in [0.25, 0.3) is 0 Å². The van der Waals surface area contributed by atoms with Crippen LogP contribution in [0.3, 0.4) is 0 Å². The van der Waals surface area contributed by atoms with Gasteiger partial charge in [0.1, 0.15) is 12.2 Å². The van der Waals surface area contributed by atoms with Crippen LogP contribution in [0, 0.1) is 0 Å². The van der Waals surface area contributed by atoms with Crippen LogP contribution in [-0.2, 0) is 14.3 Å². The Morgan fingerprint density at radius 3 is 2.40 bits per heavy atom. The lowest BCUT2D eigenvalue weighted by molar-refractivity contribution is -0.174. The van der Waals surface area contributed by atoms with E-state index >= 15 is 0 Å². The number of ether oxygens (including phenoxy) is 1. The third-order valence-electron chi connectivity index (χ3n) is 4.30. The summed E-state index contributed by atoms with van der Waals surface area (Å²) < 4.78 is 5.30. The van der Waals surface area contributed by atoms with Crippen LogP contribution >= 0.6 is 0 Å². The highest BCUT2D eigenvalue weighted by Gasteiger charge is 2.44. The molecule has 2 fully saturated rings. The van der Waals surface area contributed by atoms with Crippen molar-refractivity contribution in [2.45, 2.75) is 56.6 Å². The Kier molecular flexibility index (Phi) is 4.34. The first-order valence-electron chi connectivity index (χ1n) is 7.24. The van der Waals surface area contributed by atoms with Gasteiger partial charge < -0.3 is 20.5 Å². The van der Waals surface area contributed by atoms with E-state index in [2.05, 4.69) is 0 Å². The second-order valence-electron chi connectivity index (χ2n) is 6.48. The molecule has 0 bridgehead atoms. The fraction of sp³-hybridized carbons (Fsp3) is 0.857. The summed E-state index contributed by atoms with van der Waals surface area (Å²) in [5.41, 5.74) is 5.42. The summed E-state index contributed by atoms with van der Waals surface area (Å²) in [5, 5.41) is 8.60. The largest absolute Gasteiger partial charge is 0.480 e. The van der Waals surface area contributed by atoms with Crippen LogP contribution in [0.1, 0.15) is 45.4 Å². The minimum absolute atomic E-state index is 0.0609. The molecule has 1 amide bonds. The van der Waals surface area contributed by atoms with Crippen molar-refractivity contribution in [3.05, 3.63) is 0 Å². The van der Waals surface area contributed by atoms with Crippen molar-refractivity contribution >= 4 is 11.9 Å². The maximum Gasteiger partial charge on any atom is 0.329 e. The average molecular weight is 284 g/mol. The van der Waals surface area contributed by atoms with Gasteiger partial charge in [0.15, 0.2) is 0 Å². The molecule has 0 aromatic rings. The zero-order valence-electron chi connectivity index (χ0n) is 12.1. The average Bonchev–Trinajstić information content (AvgIpc) is 2.33. The van der Waals surface area contributed by atoms with Crippen LogP contribution in [0.4, 0.5) is 0 Å². The highest BCUT2D eigenvalue weighted by Crippen LogP contribution is 2.31. The van der Waals surface area contributed by atoms with Crippen molar-refractivity contribution in [2.75, 3.05) is 19.7 Å². The number of carboxylic acid groups (broad SMARTS) is 1. The van der Waals surface area contributed by atoms with Gasteiger partial charge in [0, 0.05) is 12.0 Å². The van der Waals surface area contributed by atoms with Crippen molar-refractivity contribution in [1.29, 1.82) is 0 Å². The summed E-state index contributed by atoms with van der Waals surface area (Å²) in [4.78, 5) is 24.4. The molecule has 1 aliphatic heterocycles. The fourth-order valence-electron chi connectivity index (χ4n) is 3.11. The Balaban J connectivity index is 1.77. The first kappa shape index (κ1) is 15.3. The first-order valence-corrected chi connectivity index (χ1v) is 7.24. The molecule has 3 N–H and O–H groups in total. The van der Waals surface area contributed by atoms with E-state index in [1.54, 1.807) is 4.90 Å². The van der Waals surface area contributed by atoms with Gasteiger partial charge >= 0.3 is 5.97 Å². The van der Waals surface area contributed by atoms with Gasteiger partial charge in [0.2, 0.25) is 5.91 Å². The smallest absolute Gasteiger partial charge is 0.329 e. The standard InChI is InChI=1S/C14H24N2O4/c1-13(20-8-12(18)19)9-16(10-13)11(17)7-14(15)5-3-2-4-6-14/h2-10,15H2,1H3,(H,18,19). The van der Waals surface area contributed by atoms with E-state index in [-0.39, 0.29) is 18.1 Å². The second-order valence-corrected chi connectivity index (χ2v) is 6.48. The Hall–Kier alpha value is -1.14. The summed E-state index contributed by atoms with van der Waals surface area (Å²) in [7, 11) is 0. The number of carbonyl (C=O) groups is 2. The predicted octanol–water partition coefficient (Wildman–Crippen LogP) is 0.740. The Labute approximate surface area is 119 Å². The third kappa shape index (κ3) is 3.70. The van der Waals surface area contributed by atoms with Gasteiger partial charge in [-0.3, -0.25) is 4.79 Å². The van der Waals surface area contributed by atoms with Crippen LogP contribution in [0.5, 0.6) is 0 Å². The van der Waals surface area contributed by atoms with Crippen molar-refractivity contribution in [3.63, 3.8) is 0 Å². The molecule has 6 heteroatoms. The van der Waals surface area contributed by atoms with E-state index in [9.17, 15) is 9.59 Å². The van der Waals surface area contributed by atoms with Crippen molar-refractivity contribution < 1.29 is 19.4 Å². The highest BCUT2D eigenvalue weighted by molar-refractivity contribution is 5.78. The van der Waals surface area contributed by atoms with Gasteiger partial charge in [0.05, 0.1) is 13.1 Å². The highest BCUT2D eigenvalue weighted by atomic mass is 16.5. The Morgan fingerprint density at radius 2 is 1.85 bits per heavy atom. The van der Waals surface area contributed by atoms with E-state index < -0.39 is 11.6 Å². The molecule has 1 aliphatic carbocycles. The van der Waals surface area contributed by atoms with E-state index in [0.29, 0.717) is 19.5 Å². The molecule has 1 heterocycles. The summed E-state index contributed by atoms with van der Waals surface area (Å²) in [6.07, 6.45) is 5.63. The quantitative estimate of drug-likeness (QED) is 0.776. The van der Waals surface area contributed by atoms with E-state index in [1.807, 2.05) is 6.92 Å². The molecule has 0 aromatic carbocycles. The normalized spacial score (nSPS) is 24.0. The number of hydrogen-bond acceptors (Lipinski definition) is 4. The van der Waals surface area contributed by atoms with E-state index in [1.165, 1.54) is 6.42 Å². The molecular formula is C14H24N2O4. The molecule has 1 saturated heterocycles. The summed E-state index contributed by atoms with van der Waals surface area (Å²) >= 11 is 0. The van der Waals surface area contributed by atoms with Gasteiger partial charge in [-0.15, -0.1) is 0 Å². The molecule has 0 spiro atoms. The number of carboxylic acids is 1. The molecule has 20 heavy (non-hydrogen) atoms. The summed E-state index contributed by atoms with van der Waals surface area (Å²) in [6.45, 7) is 2.42. The molecule has 0 unspecified atom stereocenters. The maximum absolute atomic E-state index is 12.2. The maximum atomic E-state index is 12.2. The molecule has 2 rings (SSSR count). The predicted molar refractivity (Wildman–Crippen MR) is 73.2 cm³/mol. The molecule has 0 atom stereocenters. The Bertz CT molecular complexity index is 385. The third-order valence-corrected chi connectivity index (χ3v) is 4.30. The zero-order chi connectivity index (χ0) is 14.8. The molecule has 2 aliphatic rings. The van der Waals surface area contributed by atoms with E-state index in [0.717, 1.165) is 25.7 Å². The minimum atomic E-state index is -0.987. The Morgan fingerprint density at radius 1 is 1.25 bits per heavy atom. The number of likely N-dealkylation sites (tertiary alicyclic amines) is 1. The first-order chi connectivity index (χ1) is 9.32. The van der Waals surface area contributed by atoms with Crippen LogP contribution in [0.15, 0.2) is 0 Å². The number of nitrogens with two attached hydrogens (primary N) is 1. The monoisotopic (exact) mass is 284 g/mol. The number of carbonyl (C=O) groups excluding carboxylic acids is 1. The molecule has 0 radical (unpaired) electrons. The van der Waals surface area contributed by atoms with E-state index in [4.69, 9.17) is 15.6 Å². The van der Waals surface area contributed by atoms with Crippen molar-refractivity contribution in [1.82, 2.24) is 4.90 Å². The lowest BCUT2D eigenvalue weighted by atomic mass is 9.79. The van der Waals surface area contributed by atoms with Gasteiger partial charge in [0.25, 0.3) is 0 Å². The van der Waals surface area contributed by atoms with Gasteiger partial charge in [-0.1, -0.05) is 19.3 Å². The number of nitrogens with zero attached hydrogens (tertiary/aromatic N) is 1. The topological polar surface area (TPSA) is 92.9 Å². The van der Waals surface area contributed by atoms with Crippen LogP contribution in [-0.4, -0.2) is 52.7 Å². The summed E-state index contributed by atoms with van der Waals surface area (Å²) in [6, 6.07) is 0. The molecular weight excluding hydrogens is 260 g/mol. The number of hydrogen-bond donors (Lipinski definition) is 2. The SMILES string of the molecule is CC1(OCC(=O)O)CN(C(=O)CC2(N)CCCCC2)C1. The number of aliphatic carboxylic acids is 1. The lowest BCUT2D eigenvalue weighted by Gasteiger charge is -2.48. The van der Waals surface area contributed by atoms with Crippen LogP contribution in [0.2, 0.25) is 0 Å². The van der Waals surface area contributed by atoms with Crippen molar-refractivity contribution in [2.24, 2.45) is 5.73 Å². The van der Waals surface area contributed by atoms with Gasteiger partial charge in [-0.05, 0) is 19.8 Å². The zero-order valence-corrected chi connectivity index (χ0v) is 12.1. The molecule has 6 nitrogen and oxygen atoms in total. The minimum Gasteiger partial charge on any atom is -0.480 e. The number of amides is 1. The second kappa shape index (κ2) is 5.69. The van der Waals surface area contributed by atoms with Crippen LogP contribution < -0.4 is 5.73 Å². The van der Waals surface area contributed by atoms with Crippen molar-refractivity contribution in [3.8, 4) is 0 Å². The summed E-state index contributed by atoms with van der Waals surface area (Å²) in [5.74, 6) is -0.926. The lowest BCUT2D eigenvalue weighted by Crippen LogP contribution is -2.64. The van der Waals surface area contributed by atoms with Gasteiger partial charge in [-0.2, -0.15) is 0 Å². The molecule has 0 aromatic heterocycles. The van der Waals surface area contributed by atoms with Gasteiger partial charge in [-0.25, -0.2) is 4.79 Å². The fourth-order valence-corrected chi connectivity index (χ4v) is 3.11. The molecule has 1 saturated carbocycles.